The van der Waals surface area contributed by atoms with Crippen molar-refractivity contribution in [3.05, 3.63) is 120 Å². The molecule has 1 radical (unpaired) electrons. The summed E-state index contributed by atoms with van der Waals surface area (Å²) < 4.78 is 7.33. The first kappa shape index (κ1) is 29.6. The van der Waals surface area contributed by atoms with Gasteiger partial charge in [0.15, 0.2) is 0 Å². The summed E-state index contributed by atoms with van der Waals surface area (Å²) in [6.07, 6.45) is 13.3. The van der Waals surface area contributed by atoms with Gasteiger partial charge in [0.05, 0.1) is 0 Å². The second kappa shape index (κ2) is 12.1. The maximum atomic E-state index is 7.33. The fourth-order valence-corrected chi connectivity index (χ4v) is 9.56. The number of hydrogen-bond donors (Lipinski definition) is 0. The van der Waals surface area contributed by atoms with Crippen LogP contribution < -0.4 is 39.6 Å². The van der Waals surface area contributed by atoms with Gasteiger partial charge in [-0.2, -0.15) is 6.08 Å². The van der Waals surface area contributed by atoms with Gasteiger partial charge in [-0.3, -0.25) is 6.08 Å². The zero-order chi connectivity index (χ0) is 22.2. The zero-order valence-corrected chi connectivity index (χ0v) is 25.2. The van der Waals surface area contributed by atoms with E-state index in [-0.39, 0.29) is 62.0 Å². The summed E-state index contributed by atoms with van der Waals surface area (Å²) in [6.45, 7) is 6.97. The molecule has 0 saturated carbocycles. The van der Waals surface area contributed by atoms with E-state index in [1.165, 1.54) is 27.1 Å². The van der Waals surface area contributed by atoms with Crippen LogP contribution in [0, 0.1) is 6.08 Å². The van der Waals surface area contributed by atoms with Crippen LogP contribution in [0.4, 0.5) is 0 Å². The van der Waals surface area contributed by atoms with Crippen LogP contribution in [-0.2, 0) is 26.2 Å². The zero-order valence-electron chi connectivity index (χ0n) is 20.3. The molecule has 1 unspecified atom stereocenters. The number of hydrogen-bond acceptors (Lipinski definition) is 1. The summed E-state index contributed by atoms with van der Waals surface area (Å²) in [5.41, 5.74) is 3.79. The third-order valence-electron chi connectivity index (χ3n) is 6.63. The van der Waals surface area contributed by atoms with Crippen LogP contribution in [-0.4, -0.2) is 8.32 Å². The van der Waals surface area contributed by atoms with Crippen LogP contribution in [0.1, 0.15) is 44.2 Å². The molecule has 5 heteroatoms. The minimum Gasteiger partial charge on any atom is -1.00 e. The predicted molar refractivity (Wildman–Crippen MR) is 137 cm³/mol. The largest absolute Gasteiger partial charge is 3.00 e. The van der Waals surface area contributed by atoms with Crippen molar-refractivity contribution in [3.63, 3.8) is 0 Å². The maximum absolute atomic E-state index is 7.33. The topological polar surface area (TPSA) is 9.23 Å². The number of fused-ring (bicyclic) bond motifs is 1. The molecule has 0 aliphatic heterocycles. The molecular formula is C30H29Cl2OSiZr. The molecule has 0 saturated heterocycles. The van der Waals surface area contributed by atoms with E-state index in [0.717, 1.165) is 12.2 Å². The number of rotatable bonds is 5. The predicted octanol–water partition coefficient (Wildman–Crippen LogP) is 0.431. The molecule has 0 aromatic heterocycles. The van der Waals surface area contributed by atoms with E-state index in [4.69, 9.17) is 4.43 Å². The number of benzene rings is 3. The van der Waals surface area contributed by atoms with Crippen LogP contribution in [0.2, 0.25) is 5.04 Å². The van der Waals surface area contributed by atoms with Crippen molar-refractivity contribution >= 4 is 24.8 Å². The fraction of sp³-hybridized carbons (Fsp3) is 0.200. The Bertz CT molecular complexity index is 1170. The third-order valence-corrected chi connectivity index (χ3v) is 11.6. The van der Waals surface area contributed by atoms with Crippen molar-refractivity contribution in [2.24, 2.45) is 0 Å². The van der Waals surface area contributed by atoms with E-state index in [9.17, 15) is 0 Å². The molecule has 35 heavy (non-hydrogen) atoms. The summed E-state index contributed by atoms with van der Waals surface area (Å²) in [7, 11) is -2.66. The maximum Gasteiger partial charge on any atom is 3.00 e. The van der Waals surface area contributed by atoms with Crippen molar-refractivity contribution < 1.29 is 55.4 Å². The molecule has 3 aromatic rings. The quantitative estimate of drug-likeness (QED) is 0.307. The Morgan fingerprint density at radius 1 is 0.800 bits per heavy atom. The third kappa shape index (κ3) is 5.39. The molecule has 177 valence electrons. The number of allylic oxidation sites excluding steroid dienone is 5. The SMILES string of the molecule is CC(C)(C)[Si](Oc1cccc2c1C=CC2C1=[C-]CC=C1)(c1ccccc1)c1ccccc1.[Cl-].[Cl-].[Zr+3]. The Kier molecular flexibility index (Phi) is 10.2. The van der Waals surface area contributed by atoms with Gasteiger partial charge >= 0.3 is 34.5 Å². The summed E-state index contributed by atoms with van der Waals surface area (Å²) in [4.78, 5) is 0. The minimum atomic E-state index is -2.66. The molecule has 0 fully saturated rings. The van der Waals surface area contributed by atoms with Crippen molar-refractivity contribution in [1.29, 1.82) is 0 Å². The van der Waals surface area contributed by atoms with E-state index in [1.54, 1.807) is 0 Å². The monoisotopic (exact) mass is 593 g/mol. The van der Waals surface area contributed by atoms with Crippen molar-refractivity contribution in [3.8, 4) is 5.75 Å². The molecule has 0 heterocycles. The summed E-state index contributed by atoms with van der Waals surface area (Å²) in [6, 6.07) is 28.2. The molecule has 2 aliphatic carbocycles. The average molecular weight is 596 g/mol. The Morgan fingerprint density at radius 3 is 1.91 bits per heavy atom. The summed E-state index contributed by atoms with van der Waals surface area (Å²) in [5.74, 6) is 1.25. The van der Waals surface area contributed by atoms with Gasteiger partial charge in [-0.1, -0.05) is 106 Å². The van der Waals surface area contributed by atoms with E-state index < -0.39 is 8.32 Å². The van der Waals surface area contributed by atoms with Crippen LogP contribution in [0.15, 0.2) is 103 Å². The van der Waals surface area contributed by atoms with Crippen molar-refractivity contribution in [2.75, 3.05) is 0 Å². The standard InChI is InChI=1S/C30H29OSi.2ClH.Zr/c1-30(2,3)32(24-15-6-4-7-16-24,25-17-8-5-9-18-25)31-29-20-12-19-27-26(21-22-28(27)29)23-13-10-11-14-23;;;/h4-10,12-13,15-22,26H,11H2,1-3H3;2*1H;/q-1;;;+3/p-2. The van der Waals surface area contributed by atoms with Gasteiger partial charge in [0.25, 0.3) is 0 Å². The Morgan fingerprint density at radius 2 is 1.40 bits per heavy atom. The Labute approximate surface area is 242 Å². The molecule has 0 spiro atoms. The van der Waals surface area contributed by atoms with Gasteiger partial charge in [-0.05, 0) is 33.0 Å². The van der Waals surface area contributed by atoms with Crippen LogP contribution in [0.3, 0.4) is 0 Å². The van der Waals surface area contributed by atoms with Gasteiger partial charge in [0.2, 0.25) is 0 Å². The van der Waals surface area contributed by atoms with E-state index in [1.807, 2.05) is 0 Å². The van der Waals surface area contributed by atoms with Gasteiger partial charge in [0, 0.05) is 5.56 Å². The molecule has 2 aliphatic rings. The normalized spacial score (nSPS) is 15.9. The van der Waals surface area contributed by atoms with Crippen LogP contribution in [0.5, 0.6) is 5.75 Å². The van der Waals surface area contributed by atoms with Crippen molar-refractivity contribution in [2.45, 2.75) is 38.1 Å². The van der Waals surface area contributed by atoms with Crippen LogP contribution in [0.25, 0.3) is 6.08 Å². The average Bonchev–Trinajstić information content (AvgIpc) is 3.48. The second-order valence-electron chi connectivity index (χ2n) is 9.60. The van der Waals surface area contributed by atoms with Gasteiger partial charge in [-0.15, -0.1) is 6.42 Å². The smallest absolute Gasteiger partial charge is 1.00 e. The van der Waals surface area contributed by atoms with Gasteiger partial charge in [0.1, 0.15) is 5.75 Å². The Hall–Kier alpha value is -1.64. The first-order chi connectivity index (χ1) is 15.5. The second-order valence-corrected chi connectivity index (χ2v) is 13.8. The first-order valence-electron chi connectivity index (χ1n) is 11.4. The molecule has 0 N–H and O–H groups in total. The first-order valence-corrected chi connectivity index (χ1v) is 13.3. The molecule has 3 aromatic carbocycles. The van der Waals surface area contributed by atoms with Gasteiger partial charge in [-0.25, -0.2) is 11.6 Å². The molecule has 1 nitrogen and oxygen atoms in total. The molecule has 0 bridgehead atoms. The van der Waals surface area contributed by atoms with E-state index in [0.29, 0.717) is 0 Å². The fourth-order valence-electron chi connectivity index (χ4n) is 5.12. The van der Waals surface area contributed by atoms with Crippen molar-refractivity contribution in [1.82, 2.24) is 0 Å². The molecular weight excluding hydrogens is 567 g/mol. The van der Waals surface area contributed by atoms with E-state index >= 15 is 0 Å². The number of halogens is 2. The minimum absolute atomic E-state index is 0. The van der Waals surface area contributed by atoms with E-state index in [2.05, 4.69) is 130 Å². The molecule has 1 atom stereocenters. The molecule has 5 rings (SSSR count). The van der Waals surface area contributed by atoms with Gasteiger partial charge < -0.3 is 29.2 Å². The summed E-state index contributed by atoms with van der Waals surface area (Å²) in [5, 5.41) is 2.53. The summed E-state index contributed by atoms with van der Waals surface area (Å²) >= 11 is 0. The van der Waals surface area contributed by atoms with Crippen LogP contribution >= 0.6 is 0 Å². The molecule has 0 amide bonds. The Balaban J connectivity index is 0.00000144.